The quantitative estimate of drug-likeness (QED) is 0.825. The van der Waals surface area contributed by atoms with Gasteiger partial charge in [-0.3, -0.25) is 4.90 Å². The van der Waals surface area contributed by atoms with Crippen molar-refractivity contribution in [2.24, 2.45) is 5.41 Å². The summed E-state index contributed by atoms with van der Waals surface area (Å²) < 4.78 is 0. The molecule has 2 fully saturated rings. The highest BCUT2D eigenvalue weighted by atomic mass is 15.2. The van der Waals surface area contributed by atoms with Gasteiger partial charge in [0, 0.05) is 12.1 Å². The molecule has 2 aliphatic rings. The van der Waals surface area contributed by atoms with E-state index in [0.29, 0.717) is 12.1 Å². The molecule has 1 saturated carbocycles. The molecular weight excluding hydrogens is 220 g/mol. The fourth-order valence-electron chi connectivity index (χ4n) is 4.25. The Bertz CT molecular complexity index is 231. The SMILES string of the molecule is CCC(NC)C(C)N1CCC2(CCCCC2)CC1. The van der Waals surface area contributed by atoms with Crippen LogP contribution in [0.25, 0.3) is 0 Å². The van der Waals surface area contributed by atoms with Crippen LogP contribution in [-0.2, 0) is 0 Å². The number of nitrogens with one attached hydrogen (secondary N) is 1. The molecule has 0 aromatic rings. The molecule has 0 radical (unpaired) electrons. The van der Waals surface area contributed by atoms with E-state index in [4.69, 9.17) is 0 Å². The van der Waals surface area contributed by atoms with Gasteiger partial charge < -0.3 is 5.32 Å². The molecule has 0 bridgehead atoms. The average Bonchev–Trinajstić information content (AvgIpc) is 2.42. The van der Waals surface area contributed by atoms with Gasteiger partial charge in [0.05, 0.1) is 0 Å². The molecule has 2 heteroatoms. The zero-order valence-corrected chi connectivity index (χ0v) is 12.7. The lowest BCUT2D eigenvalue weighted by atomic mass is 9.68. The van der Waals surface area contributed by atoms with Crippen LogP contribution in [0.15, 0.2) is 0 Å². The minimum absolute atomic E-state index is 0.658. The van der Waals surface area contributed by atoms with Crippen molar-refractivity contribution in [2.75, 3.05) is 20.1 Å². The van der Waals surface area contributed by atoms with Crippen molar-refractivity contribution in [3.05, 3.63) is 0 Å². The van der Waals surface area contributed by atoms with Gasteiger partial charge in [-0.25, -0.2) is 0 Å². The summed E-state index contributed by atoms with van der Waals surface area (Å²) in [4.78, 5) is 2.73. The molecule has 1 aliphatic heterocycles. The highest BCUT2D eigenvalue weighted by molar-refractivity contribution is 4.91. The van der Waals surface area contributed by atoms with Gasteiger partial charge in [0.15, 0.2) is 0 Å². The Labute approximate surface area is 114 Å². The Morgan fingerprint density at radius 3 is 2.17 bits per heavy atom. The Kier molecular flexibility index (Phi) is 5.08. The maximum absolute atomic E-state index is 3.48. The molecule has 1 N–H and O–H groups in total. The Balaban J connectivity index is 1.85. The van der Waals surface area contributed by atoms with E-state index in [2.05, 4.69) is 31.1 Å². The minimum Gasteiger partial charge on any atom is -0.315 e. The van der Waals surface area contributed by atoms with Crippen molar-refractivity contribution in [1.29, 1.82) is 0 Å². The Morgan fingerprint density at radius 1 is 1.06 bits per heavy atom. The first-order chi connectivity index (χ1) is 8.71. The Hall–Kier alpha value is -0.0800. The topological polar surface area (TPSA) is 15.3 Å². The highest BCUT2D eigenvalue weighted by Gasteiger charge is 2.37. The fraction of sp³-hybridized carbons (Fsp3) is 1.00. The number of hydrogen-bond acceptors (Lipinski definition) is 2. The highest BCUT2D eigenvalue weighted by Crippen LogP contribution is 2.44. The predicted molar refractivity (Wildman–Crippen MR) is 78.9 cm³/mol. The van der Waals surface area contributed by atoms with Gasteiger partial charge in [-0.15, -0.1) is 0 Å². The lowest BCUT2D eigenvalue weighted by molar-refractivity contribution is 0.0398. The molecular formula is C16H32N2. The first kappa shape index (κ1) is 14.3. The number of likely N-dealkylation sites (tertiary alicyclic amines) is 1. The van der Waals surface area contributed by atoms with Crippen LogP contribution < -0.4 is 5.32 Å². The van der Waals surface area contributed by atoms with Crippen LogP contribution in [0.5, 0.6) is 0 Å². The molecule has 1 spiro atoms. The van der Waals surface area contributed by atoms with E-state index in [-0.39, 0.29) is 0 Å². The van der Waals surface area contributed by atoms with E-state index < -0.39 is 0 Å². The minimum atomic E-state index is 0.658. The van der Waals surface area contributed by atoms with Crippen LogP contribution in [0.3, 0.4) is 0 Å². The maximum atomic E-state index is 3.48. The van der Waals surface area contributed by atoms with Crippen LogP contribution in [0.2, 0.25) is 0 Å². The van der Waals surface area contributed by atoms with Gasteiger partial charge in [-0.1, -0.05) is 26.2 Å². The smallest absolute Gasteiger partial charge is 0.0220 e. The van der Waals surface area contributed by atoms with Gasteiger partial charge in [0.2, 0.25) is 0 Å². The first-order valence-corrected chi connectivity index (χ1v) is 8.12. The molecule has 0 aromatic heterocycles. The number of piperidine rings is 1. The standard InChI is InChI=1S/C16H32N2/c1-4-15(17-3)14(2)18-12-10-16(11-13-18)8-6-5-7-9-16/h14-15,17H,4-13H2,1-3H3. The summed E-state index contributed by atoms with van der Waals surface area (Å²) in [5.41, 5.74) is 0.746. The van der Waals surface area contributed by atoms with Crippen molar-refractivity contribution in [1.82, 2.24) is 10.2 Å². The predicted octanol–water partition coefficient (Wildman–Crippen LogP) is 3.42. The molecule has 1 saturated heterocycles. The van der Waals surface area contributed by atoms with Gasteiger partial charge in [-0.05, 0) is 64.6 Å². The lowest BCUT2D eigenvalue weighted by Gasteiger charge is -2.47. The molecule has 106 valence electrons. The summed E-state index contributed by atoms with van der Waals surface area (Å²) in [6.45, 7) is 7.37. The van der Waals surface area contributed by atoms with Crippen molar-refractivity contribution in [3.63, 3.8) is 0 Å². The van der Waals surface area contributed by atoms with Gasteiger partial charge >= 0.3 is 0 Å². The average molecular weight is 252 g/mol. The molecule has 2 rings (SSSR count). The molecule has 0 aromatic carbocycles. The van der Waals surface area contributed by atoms with Crippen molar-refractivity contribution in [3.8, 4) is 0 Å². The largest absolute Gasteiger partial charge is 0.315 e. The molecule has 2 atom stereocenters. The van der Waals surface area contributed by atoms with Gasteiger partial charge in [0.1, 0.15) is 0 Å². The normalized spacial score (nSPS) is 28.2. The molecule has 0 amide bonds. The molecule has 1 heterocycles. The second-order valence-corrected chi connectivity index (χ2v) is 6.64. The van der Waals surface area contributed by atoms with E-state index in [0.717, 1.165) is 5.41 Å². The summed E-state index contributed by atoms with van der Waals surface area (Å²) in [7, 11) is 2.11. The third-order valence-electron chi connectivity index (χ3n) is 5.74. The molecule has 2 unspecified atom stereocenters. The second-order valence-electron chi connectivity index (χ2n) is 6.64. The van der Waals surface area contributed by atoms with Gasteiger partial charge in [-0.2, -0.15) is 0 Å². The summed E-state index contributed by atoms with van der Waals surface area (Å²) >= 11 is 0. The summed E-state index contributed by atoms with van der Waals surface area (Å²) in [6.07, 6.45) is 11.6. The van der Waals surface area contributed by atoms with E-state index in [1.165, 1.54) is 64.5 Å². The van der Waals surface area contributed by atoms with Crippen LogP contribution in [0.4, 0.5) is 0 Å². The van der Waals surface area contributed by atoms with Crippen LogP contribution in [-0.4, -0.2) is 37.1 Å². The monoisotopic (exact) mass is 252 g/mol. The van der Waals surface area contributed by atoms with E-state index >= 15 is 0 Å². The third-order valence-corrected chi connectivity index (χ3v) is 5.74. The summed E-state index contributed by atoms with van der Waals surface area (Å²) in [5.74, 6) is 0. The number of nitrogens with zero attached hydrogens (tertiary/aromatic N) is 1. The van der Waals surface area contributed by atoms with Crippen LogP contribution >= 0.6 is 0 Å². The number of rotatable bonds is 4. The maximum Gasteiger partial charge on any atom is 0.0220 e. The molecule has 2 nitrogen and oxygen atoms in total. The first-order valence-electron chi connectivity index (χ1n) is 8.12. The van der Waals surface area contributed by atoms with Crippen molar-refractivity contribution >= 4 is 0 Å². The zero-order chi connectivity index (χ0) is 13.0. The second kappa shape index (κ2) is 6.38. The fourth-order valence-corrected chi connectivity index (χ4v) is 4.25. The zero-order valence-electron chi connectivity index (χ0n) is 12.7. The van der Waals surface area contributed by atoms with Gasteiger partial charge in [0.25, 0.3) is 0 Å². The summed E-state index contributed by atoms with van der Waals surface area (Å²) in [6, 6.07) is 1.35. The van der Waals surface area contributed by atoms with Crippen molar-refractivity contribution < 1.29 is 0 Å². The molecule has 1 aliphatic carbocycles. The third kappa shape index (κ3) is 3.08. The van der Waals surface area contributed by atoms with E-state index in [1.54, 1.807) is 0 Å². The van der Waals surface area contributed by atoms with Crippen LogP contribution in [0, 0.1) is 5.41 Å². The van der Waals surface area contributed by atoms with Crippen molar-refractivity contribution in [2.45, 2.75) is 77.3 Å². The molecule has 18 heavy (non-hydrogen) atoms. The number of hydrogen-bond donors (Lipinski definition) is 1. The summed E-state index contributed by atoms with van der Waals surface area (Å²) in [5, 5.41) is 3.48. The van der Waals surface area contributed by atoms with Crippen LogP contribution in [0.1, 0.15) is 65.2 Å². The number of likely N-dealkylation sites (N-methyl/N-ethyl adjacent to an activating group) is 1. The van der Waals surface area contributed by atoms with E-state index in [9.17, 15) is 0 Å². The lowest BCUT2D eigenvalue weighted by Crippen LogP contribution is -2.51. The van der Waals surface area contributed by atoms with E-state index in [1.807, 2.05) is 0 Å². The Morgan fingerprint density at radius 2 is 1.67 bits per heavy atom.